The molecule has 0 saturated heterocycles. The van der Waals surface area contributed by atoms with E-state index in [1.165, 1.54) is 39.2 Å². The lowest BCUT2D eigenvalue weighted by Gasteiger charge is -2.30. The Hall–Kier alpha value is -1.10. The molecule has 2 atom stereocenters. The molecule has 1 saturated carbocycles. The molecule has 0 aromatic carbocycles. The lowest BCUT2D eigenvalue weighted by molar-refractivity contribution is -0.121. The summed E-state index contributed by atoms with van der Waals surface area (Å²) in [6.45, 7) is 3.91. The lowest BCUT2D eigenvalue weighted by Crippen LogP contribution is -2.51. The van der Waals surface area contributed by atoms with Gasteiger partial charge in [-0.3, -0.25) is 10.1 Å². The molecule has 0 aromatic heterocycles. The number of imide groups is 1. The zero-order valence-electron chi connectivity index (χ0n) is 11.6. The Morgan fingerprint density at radius 3 is 2.28 bits per heavy atom. The van der Waals surface area contributed by atoms with E-state index in [1.54, 1.807) is 6.92 Å². The van der Waals surface area contributed by atoms with Crippen LogP contribution in [0, 0.1) is 5.92 Å². The fraction of sp³-hybridized carbons (Fsp3) is 0.846. The van der Waals surface area contributed by atoms with Gasteiger partial charge in [-0.2, -0.15) is 0 Å². The fourth-order valence-corrected chi connectivity index (χ4v) is 2.52. The summed E-state index contributed by atoms with van der Waals surface area (Å²) in [5.74, 6) is 0.367. The summed E-state index contributed by atoms with van der Waals surface area (Å²) in [6.07, 6.45) is 6.37. The molecule has 3 amide bonds. The Kier molecular flexibility index (Phi) is 6.12. The Balaban J connectivity index is 2.35. The molecular weight excluding hydrogens is 230 g/mol. The Morgan fingerprint density at radius 2 is 1.72 bits per heavy atom. The molecule has 5 heteroatoms. The molecule has 0 heterocycles. The van der Waals surface area contributed by atoms with E-state index in [9.17, 15) is 9.59 Å². The molecule has 0 aliphatic heterocycles. The predicted octanol–water partition coefficient (Wildman–Crippen LogP) is 1.39. The molecule has 1 aliphatic carbocycles. The summed E-state index contributed by atoms with van der Waals surface area (Å²) < 4.78 is 0. The van der Waals surface area contributed by atoms with Gasteiger partial charge < -0.3 is 10.6 Å². The van der Waals surface area contributed by atoms with E-state index in [0.29, 0.717) is 12.0 Å². The van der Waals surface area contributed by atoms with Crippen molar-refractivity contribution < 1.29 is 9.59 Å². The lowest BCUT2D eigenvalue weighted by atomic mass is 9.84. The molecule has 1 aliphatic rings. The maximum atomic E-state index is 11.7. The van der Waals surface area contributed by atoms with Crippen molar-refractivity contribution in [1.29, 1.82) is 0 Å². The molecule has 1 rings (SSSR count). The number of hydrogen-bond donors (Lipinski definition) is 3. The molecule has 104 valence electrons. The highest BCUT2D eigenvalue weighted by molar-refractivity contribution is 5.96. The Morgan fingerprint density at radius 1 is 1.11 bits per heavy atom. The molecule has 0 radical (unpaired) electrons. The third-order valence-corrected chi connectivity index (χ3v) is 3.73. The summed E-state index contributed by atoms with van der Waals surface area (Å²) in [5, 5.41) is 7.94. The summed E-state index contributed by atoms with van der Waals surface area (Å²) >= 11 is 0. The van der Waals surface area contributed by atoms with Gasteiger partial charge in [0.25, 0.3) is 0 Å². The van der Waals surface area contributed by atoms with Gasteiger partial charge in [-0.25, -0.2) is 4.79 Å². The quantitative estimate of drug-likeness (QED) is 0.711. The normalized spacial score (nSPS) is 19.9. The topological polar surface area (TPSA) is 70.2 Å². The van der Waals surface area contributed by atoms with Crippen molar-refractivity contribution in [2.24, 2.45) is 5.92 Å². The zero-order chi connectivity index (χ0) is 13.5. The molecule has 18 heavy (non-hydrogen) atoms. The van der Waals surface area contributed by atoms with Crippen molar-refractivity contribution in [2.75, 3.05) is 7.05 Å². The molecule has 0 bridgehead atoms. The van der Waals surface area contributed by atoms with Gasteiger partial charge >= 0.3 is 6.03 Å². The van der Waals surface area contributed by atoms with Crippen LogP contribution in [-0.2, 0) is 4.79 Å². The van der Waals surface area contributed by atoms with Crippen molar-refractivity contribution in [2.45, 2.75) is 58.0 Å². The van der Waals surface area contributed by atoms with Gasteiger partial charge in [0.2, 0.25) is 5.91 Å². The molecule has 1 unspecified atom stereocenters. The van der Waals surface area contributed by atoms with Gasteiger partial charge in [0.1, 0.15) is 0 Å². The summed E-state index contributed by atoms with van der Waals surface area (Å²) in [6, 6.07) is -0.492. The van der Waals surface area contributed by atoms with E-state index < -0.39 is 6.03 Å². The van der Waals surface area contributed by atoms with Crippen LogP contribution in [0.4, 0.5) is 4.79 Å². The van der Waals surface area contributed by atoms with Crippen LogP contribution >= 0.6 is 0 Å². The number of hydrogen-bond acceptors (Lipinski definition) is 3. The zero-order valence-corrected chi connectivity index (χ0v) is 11.6. The van der Waals surface area contributed by atoms with E-state index in [0.717, 1.165) is 0 Å². The van der Waals surface area contributed by atoms with Gasteiger partial charge in [-0.05, 0) is 32.6 Å². The maximum Gasteiger partial charge on any atom is 0.321 e. The minimum atomic E-state index is -0.459. The first-order valence-electron chi connectivity index (χ1n) is 6.83. The van der Waals surface area contributed by atoms with Crippen LogP contribution in [0.2, 0.25) is 0 Å². The van der Waals surface area contributed by atoms with Crippen molar-refractivity contribution in [3.8, 4) is 0 Å². The van der Waals surface area contributed by atoms with Gasteiger partial charge in [0, 0.05) is 13.1 Å². The van der Waals surface area contributed by atoms with E-state index in [4.69, 9.17) is 0 Å². The molecule has 0 spiro atoms. The fourth-order valence-electron chi connectivity index (χ4n) is 2.52. The highest BCUT2D eigenvalue weighted by Gasteiger charge is 2.23. The summed E-state index contributed by atoms with van der Waals surface area (Å²) in [5.41, 5.74) is 0. The van der Waals surface area contributed by atoms with Gasteiger partial charge in [-0.15, -0.1) is 0 Å². The predicted molar refractivity (Wildman–Crippen MR) is 71.2 cm³/mol. The molecular formula is C13H25N3O2. The second-order valence-corrected chi connectivity index (χ2v) is 5.14. The van der Waals surface area contributed by atoms with Gasteiger partial charge in [0.05, 0.1) is 6.04 Å². The molecule has 3 N–H and O–H groups in total. The first kappa shape index (κ1) is 15.0. The van der Waals surface area contributed by atoms with Crippen LogP contribution in [0.15, 0.2) is 0 Å². The van der Waals surface area contributed by atoms with Crippen LogP contribution in [-0.4, -0.2) is 31.1 Å². The van der Waals surface area contributed by atoms with E-state index >= 15 is 0 Å². The third kappa shape index (κ3) is 4.64. The summed E-state index contributed by atoms with van der Waals surface area (Å²) in [7, 11) is 1.49. The maximum absolute atomic E-state index is 11.7. The average molecular weight is 255 g/mol. The second kappa shape index (κ2) is 7.36. The van der Waals surface area contributed by atoms with Gasteiger partial charge in [0.15, 0.2) is 0 Å². The first-order chi connectivity index (χ1) is 8.54. The highest BCUT2D eigenvalue weighted by atomic mass is 16.2. The Labute approximate surface area is 109 Å². The largest absolute Gasteiger partial charge is 0.341 e. The van der Waals surface area contributed by atoms with Crippen LogP contribution in [0.3, 0.4) is 0 Å². The van der Waals surface area contributed by atoms with E-state index in [-0.39, 0.29) is 11.9 Å². The van der Waals surface area contributed by atoms with Crippen molar-refractivity contribution in [3.63, 3.8) is 0 Å². The van der Waals surface area contributed by atoms with Crippen LogP contribution < -0.4 is 16.0 Å². The standard InChI is InChI=1S/C13H25N3O2/c1-9(11-7-5-4-6-8-11)15-10(2)12(17)16-13(18)14-3/h9-11,15H,4-8H2,1-3H3,(H2,14,16,17,18)/t9-,10?/m0/s1. The third-order valence-electron chi connectivity index (χ3n) is 3.73. The number of rotatable bonds is 4. The number of carbonyl (C=O) groups excluding carboxylic acids is 2. The highest BCUT2D eigenvalue weighted by Crippen LogP contribution is 2.26. The molecule has 1 fully saturated rings. The first-order valence-corrected chi connectivity index (χ1v) is 6.83. The van der Waals surface area contributed by atoms with Gasteiger partial charge in [-0.1, -0.05) is 19.3 Å². The number of urea groups is 1. The molecule has 0 aromatic rings. The van der Waals surface area contributed by atoms with Crippen LogP contribution in [0.1, 0.15) is 46.0 Å². The number of carbonyl (C=O) groups is 2. The van der Waals surface area contributed by atoms with Crippen LogP contribution in [0.25, 0.3) is 0 Å². The van der Waals surface area contributed by atoms with Crippen molar-refractivity contribution in [1.82, 2.24) is 16.0 Å². The number of nitrogens with one attached hydrogen (secondary N) is 3. The van der Waals surface area contributed by atoms with E-state index in [1.807, 2.05) is 0 Å². The van der Waals surface area contributed by atoms with E-state index in [2.05, 4.69) is 22.9 Å². The SMILES string of the molecule is CNC(=O)NC(=O)C(C)N[C@@H](C)C1CCCCC1. The molecule has 5 nitrogen and oxygen atoms in total. The van der Waals surface area contributed by atoms with Crippen LogP contribution in [0.5, 0.6) is 0 Å². The minimum absolute atomic E-state index is 0.281. The summed E-state index contributed by atoms with van der Waals surface area (Å²) in [4.78, 5) is 22.7. The second-order valence-electron chi connectivity index (χ2n) is 5.14. The smallest absolute Gasteiger partial charge is 0.321 e. The van der Waals surface area contributed by atoms with Crippen molar-refractivity contribution >= 4 is 11.9 Å². The Bertz CT molecular complexity index is 288. The monoisotopic (exact) mass is 255 g/mol. The average Bonchev–Trinajstić information content (AvgIpc) is 2.39. The van der Waals surface area contributed by atoms with Crippen molar-refractivity contribution in [3.05, 3.63) is 0 Å². The minimum Gasteiger partial charge on any atom is -0.341 e. The number of amides is 3.